The SMILES string of the molecule is CC.CC.[B]c1ccc(-c2cc3ncccc3cc2O)nn1. The van der Waals surface area contributed by atoms with E-state index in [1.807, 2.05) is 39.8 Å². The zero-order valence-electron chi connectivity index (χ0n) is 13.4. The molecule has 112 valence electrons. The van der Waals surface area contributed by atoms with Crippen LogP contribution in [-0.2, 0) is 0 Å². The van der Waals surface area contributed by atoms with Gasteiger partial charge in [0.1, 0.15) is 13.6 Å². The van der Waals surface area contributed by atoms with Crippen LogP contribution in [0.4, 0.5) is 0 Å². The molecule has 2 radical (unpaired) electrons. The van der Waals surface area contributed by atoms with Crippen LogP contribution in [0.1, 0.15) is 27.7 Å². The Labute approximate surface area is 132 Å². The summed E-state index contributed by atoms with van der Waals surface area (Å²) in [6, 6.07) is 10.5. The predicted molar refractivity (Wildman–Crippen MR) is 92.5 cm³/mol. The molecule has 2 heterocycles. The first-order valence-electron chi connectivity index (χ1n) is 7.41. The summed E-state index contributed by atoms with van der Waals surface area (Å²) in [6.07, 6.45) is 1.71. The van der Waals surface area contributed by atoms with Crippen molar-refractivity contribution in [2.45, 2.75) is 27.7 Å². The molecule has 1 aromatic carbocycles. The first kappa shape index (κ1) is 17.6. The molecule has 0 amide bonds. The molecule has 4 nitrogen and oxygen atoms in total. The Morgan fingerprint density at radius 1 is 0.955 bits per heavy atom. The van der Waals surface area contributed by atoms with Gasteiger partial charge in [-0.2, -0.15) is 10.2 Å². The molecule has 0 unspecified atom stereocenters. The van der Waals surface area contributed by atoms with Crippen molar-refractivity contribution in [3.8, 4) is 17.0 Å². The largest absolute Gasteiger partial charge is 0.507 e. The van der Waals surface area contributed by atoms with Crippen LogP contribution in [0.5, 0.6) is 5.75 Å². The van der Waals surface area contributed by atoms with E-state index in [9.17, 15) is 5.11 Å². The van der Waals surface area contributed by atoms with Crippen LogP contribution < -0.4 is 5.59 Å². The molecule has 0 spiro atoms. The highest BCUT2D eigenvalue weighted by atomic mass is 16.3. The maximum atomic E-state index is 10.0. The summed E-state index contributed by atoms with van der Waals surface area (Å²) >= 11 is 0. The Hall–Kier alpha value is -2.43. The molecular formula is C17H20BN3O. The smallest absolute Gasteiger partial charge is 0.144 e. The normalized spacial score (nSPS) is 9.27. The molecule has 5 heteroatoms. The van der Waals surface area contributed by atoms with Crippen LogP contribution in [0, 0.1) is 0 Å². The Balaban J connectivity index is 0.000000561. The summed E-state index contributed by atoms with van der Waals surface area (Å²) in [5.74, 6) is 0.148. The summed E-state index contributed by atoms with van der Waals surface area (Å²) in [5, 5.41) is 18.6. The predicted octanol–water partition coefficient (Wildman–Crippen LogP) is 3.24. The number of benzene rings is 1. The van der Waals surface area contributed by atoms with Crippen molar-refractivity contribution in [3.63, 3.8) is 0 Å². The molecule has 0 atom stereocenters. The molecule has 0 saturated carbocycles. The minimum absolute atomic E-state index is 0.148. The topological polar surface area (TPSA) is 58.9 Å². The second-order valence-corrected chi connectivity index (χ2v) is 3.91. The maximum Gasteiger partial charge on any atom is 0.144 e. The fourth-order valence-electron chi connectivity index (χ4n) is 1.80. The molecule has 0 aliphatic heterocycles. The van der Waals surface area contributed by atoms with E-state index in [0.29, 0.717) is 16.9 Å². The molecule has 22 heavy (non-hydrogen) atoms. The molecule has 3 aromatic rings. The average Bonchev–Trinajstić information content (AvgIpc) is 2.59. The van der Waals surface area contributed by atoms with Crippen molar-refractivity contribution >= 4 is 24.3 Å². The summed E-state index contributed by atoms with van der Waals surface area (Å²) in [4.78, 5) is 4.24. The van der Waals surface area contributed by atoms with Gasteiger partial charge in [-0.05, 0) is 30.3 Å². The zero-order chi connectivity index (χ0) is 16.5. The number of aromatic nitrogens is 3. The highest BCUT2D eigenvalue weighted by Crippen LogP contribution is 2.30. The Morgan fingerprint density at radius 2 is 1.68 bits per heavy atom. The van der Waals surface area contributed by atoms with Gasteiger partial charge in [0, 0.05) is 22.7 Å². The van der Waals surface area contributed by atoms with Crippen LogP contribution in [0.3, 0.4) is 0 Å². The molecule has 3 rings (SSSR count). The quantitative estimate of drug-likeness (QED) is 0.700. The van der Waals surface area contributed by atoms with E-state index < -0.39 is 0 Å². The van der Waals surface area contributed by atoms with Gasteiger partial charge >= 0.3 is 0 Å². The molecule has 0 fully saturated rings. The molecule has 1 N–H and O–H groups in total. The second kappa shape index (κ2) is 8.77. The summed E-state index contributed by atoms with van der Waals surface area (Å²) in [5.41, 5.74) is 2.30. The lowest BCUT2D eigenvalue weighted by Crippen LogP contribution is -2.09. The molecule has 0 bridgehead atoms. The van der Waals surface area contributed by atoms with Crippen molar-refractivity contribution in [1.29, 1.82) is 0 Å². The third-order valence-corrected chi connectivity index (χ3v) is 2.68. The van der Waals surface area contributed by atoms with Gasteiger partial charge in [0.05, 0.1) is 11.2 Å². The highest BCUT2D eigenvalue weighted by molar-refractivity contribution is 6.30. The minimum Gasteiger partial charge on any atom is -0.507 e. The number of hydrogen-bond acceptors (Lipinski definition) is 4. The molecule has 0 aliphatic carbocycles. The zero-order valence-corrected chi connectivity index (χ0v) is 13.4. The van der Waals surface area contributed by atoms with E-state index >= 15 is 0 Å². The standard InChI is InChI=1S/C13H8BN3O.2C2H6/c14-13-4-3-10(16-17-13)9-7-11-8(6-12(9)18)2-1-5-15-11;2*1-2/h1-7,18H;2*1-2H3. The molecule has 0 aliphatic rings. The van der Waals surface area contributed by atoms with E-state index in [4.69, 9.17) is 7.85 Å². The Bertz CT molecular complexity index is 715. The molecule has 2 aromatic heterocycles. The van der Waals surface area contributed by atoms with Crippen LogP contribution in [0.2, 0.25) is 0 Å². The second-order valence-electron chi connectivity index (χ2n) is 3.91. The van der Waals surface area contributed by atoms with Gasteiger partial charge in [-0.3, -0.25) is 4.98 Å². The lowest BCUT2D eigenvalue weighted by Gasteiger charge is -2.05. The van der Waals surface area contributed by atoms with Gasteiger partial charge in [0.25, 0.3) is 0 Å². The van der Waals surface area contributed by atoms with Crippen molar-refractivity contribution in [3.05, 3.63) is 42.6 Å². The fraction of sp³-hybridized carbons (Fsp3) is 0.235. The molecular weight excluding hydrogens is 273 g/mol. The summed E-state index contributed by atoms with van der Waals surface area (Å²) in [7, 11) is 5.48. The van der Waals surface area contributed by atoms with Crippen LogP contribution in [-0.4, -0.2) is 28.1 Å². The van der Waals surface area contributed by atoms with Gasteiger partial charge < -0.3 is 5.11 Å². The number of phenols is 1. The number of rotatable bonds is 1. The molecule has 0 saturated heterocycles. The Kier molecular flexibility index (Phi) is 7.03. The van der Waals surface area contributed by atoms with E-state index in [1.165, 1.54) is 0 Å². The van der Waals surface area contributed by atoms with Crippen molar-refractivity contribution in [1.82, 2.24) is 15.2 Å². The number of hydrogen-bond donors (Lipinski definition) is 1. The van der Waals surface area contributed by atoms with Crippen LogP contribution >= 0.6 is 0 Å². The van der Waals surface area contributed by atoms with Crippen molar-refractivity contribution < 1.29 is 5.11 Å². The summed E-state index contributed by atoms with van der Waals surface area (Å²) < 4.78 is 0. The highest BCUT2D eigenvalue weighted by Gasteiger charge is 2.08. The van der Waals surface area contributed by atoms with E-state index in [2.05, 4.69) is 15.2 Å². The van der Waals surface area contributed by atoms with Gasteiger partial charge in [-0.25, -0.2) is 0 Å². The van der Waals surface area contributed by atoms with Crippen LogP contribution in [0.15, 0.2) is 42.6 Å². The van der Waals surface area contributed by atoms with Gasteiger partial charge in [0.15, 0.2) is 0 Å². The van der Waals surface area contributed by atoms with Crippen molar-refractivity contribution in [2.75, 3.05) is 0 Å². The first-order chi connectivity index (χ1) is 10.7. The number of aromatic hydroxyl groups is 1. The third-order valence-electron chi connectivity index (χ3n) is 2.68. The van der Waals surface area contributed by atoms with Gasteiger partial charge in [-0.15, -0.1) is 0 Å². The van der Waals surface area contributed by atoms with Gasteiger partial charge in [-0.1, -0.05) is 33.8 Å². The lowest BCUT2D eigenvalue weighted by molar-refractivity contribution is 0.478. The number of phenolic OH excluding ortho intramolecular Hbond substituents is 1. The fourth-order valence-corrected chi connectivity index (χ4v) is 1.80. The van der Waals surface area contributed by atoms with E-state index in [1.54, 1.807) is 30.5 Å². The third kappa shape index (κ3) is 4.04. The van der Waals surface area contributed by atoms with E-state index in [-0.39, 0.29) is 5.75 Å². The first-order valence-corrected chi connectivity index (χ1v) is 7.41. The van der Waals surface area contributed by atoms with Gasteiger partial charge in [0.2, 0.25) is 0 Å². The monoisotopic (exact) mass is 293 g/mol. The van der Waals surface area contributed by atoms with Crippen LogP contribution in [0.25, 0.3) is 22.2 Å². The van der Waals surface area contributed by atoms with E-state index in [0.717, 1.165) is 10.9 Å². The summed E-state index contributed by atoms with van der Waals surface area (Å²) in [6.45, 7) is 8.00. The lowest BCUT2D eigenvalue weighted by atomic mass is 10.0. The number of nitrogens with zero attached hydrogens (tertiary/aromatic N) is 3. The minimum atomic E-state index is 0.148. The van der Waals surface area contributed by atoms with Crippen molar-refractivity contribution in [2.24, 2.45) is 0 Å². The number of fused-ring (bicyclic) bond motifs is 1. The Morgan fingerprint density at radius 3 is 2.32 bits per heavy atom. The maximum absolute atomic E-state index is 10.0. The average molecular weight is 293 g/mol. The number of pyridine rings is 1.